The first kappa shape index (κ1) is 18.5. The average Bonchev–Trinajstić information content (AvgIpc) is 3.41. The normalized spacial score (nSPS) is 18.5. The molecule has 1 amide bonds. The van der Waals surface area contributed by atoms with Gasteiger partial charge in [0.25, 0.3) is 5.91 Å². The van der Waals surface area contributed by atoms with Gasteiger partial charge in [0.1, 0.15) is 15.6 Å². The summed E-state index contributed by atoms with van der Waals surface area (Å²) in [6.07, 6.45) is 1.64. The number of hydrogen-bond acceptors (Lipinski definition) is 8. The van der Waals surface area contributed by atoms with Crippen LogP contribution in [0.4, 0.5) is 5.69 Å². The number of hydrogen-bond donors (Lipinski definition) is 0. The molecule has 0 aliphatic carbocycles. The van der Waals surface area contributed by atoms with Crippen LogP contribution in [0, 0.1) is 0 Å². The second kappa shape index (κ2) is 7.74. The molecule has 0 saturated carbocycles. The van der Waals surface area contributed by atoms with E-state index in [9.17, 15) is 4.79 Å². The van der Waals surface area contributed by atoms with Crippen molar-refractivity contribution in [3.05, 3.63) is 29.3 Å². The van der Waals surface area contributed by atoms with Gasteiger partial charge in [-0.05, 0) is 19.2 Å². The minimum absolute atomic E-state index is 0.00204. The van der Waals surface area contributed by atoms with Crippen LogP contribution in [0.3, 0.4) is 0 Å². The molecule has 5 rings (SSSR count). The molecule has 9 heteroatoms. The van der Waals surface area contributed by atoms with Crippen LogP contribution in [0.25, 0.3) is 21.7 Å². The predicted molar refractivity (Wildman–Crippen MR) is 112 cm³/mol. The summed E-state index contributed by atoms with van der Waals surface area (Å²) in [5.41, 5.74) is 2.58. The number of amides is 1. The van der Waals surface area contributed by atoms with E-state index >= 15 is 0 Å². The van der Waals surface area contributed by atoms with E-state index in [4.69, 9.17) is 9.26 Å². The zero-order valence-corrected chi connectivity index (χ0v) is 17.2. The molecule has 2 aromatic heterocycles. The molecule has 2 saturated heterocycles. The van der Waals surface area contributed by atoms with E-state index in [2.05, 4.69) is 33.1 Å². The number of rotatable bonds is 3. The van der Waals surface area contributed by atoms with Crippen molar-refractivity contribution in [3.8, 4) is 10.7 Å². The fraction of sp³-hybridized carbons (Fsp3) is 0.450. The Morgan fingerprint density at radius 3 is 2.69 bits per heavy atom. The van der Waals surface area contributed by atoms with Gasteiger partial charge in [-0.25, -0.2) is 4.98 Å². The van der Waals surface area contributed by atoms with Crippen LogP contribution in [0.5, 0.6) is 0 Å². The number of likely N-dealkylation sites (N-methyl/N-ethyl adjacent to an activating group) is 1. The van der Waals surface area contributed by atoms with E-state index in [1.807, 2.05) is 17.0 Å². The summed E-state index contributed by atoms with van der Waals surface area (Å²) in [6.45, 7) is 6.52. The molecule has 0 unspecified atom stereocenters. The maximum Gasteiger partial charge on any atom is 0.265 e. The number of fused-ring (bicyclic) bond motifs is 1. The average molecular weight is 414 g/mol. The number of carbonyl (C=O) groups is 1. The number of ether oxygens (including phenoxy) is 1. The van der Waals surface area contributed by atoms with Crippen LogP contribution >= 0.6 is 11.3 Å². The molecule has 8 nitrogen and oxygen atoms in total. The van der Waals surface area contributed by atoms with Gasteiger partial charge in [-0.15, -0.1) is 11.3 Å². The fourth-order valence-electron chi connectivity index (χ4n) is 3.75. The number of benzene rings is 1. The largest absolute Gasteiger partial charge is 0.378 e. The van der Waals surface area contributed by atoms with Crippen molar-refractivity contribution in [2.24, 2.45) is 0 Å². The molecule has 2 fully saturated rings. The molecule has 4 heterocycles. The van der Waals surface area contributed by atoms with Crippen molar-refractivity contribution < 1.29 is 14.1 Å². The number of carbonyl (C=O) groups excluding carboxylic acids is 1. The third-order valence-corrected chi connectivity index (χ3v) is 6.53. The smallest absolute Gasteiger partial charge is 0.265 e. The quantitative estimate of drug-likeness (QED) is 0.651. The minimum Gasteiger partial charge on any atom is -0.378 e. The Kier molecular flexibility index (Phi) is 4.94. The minimum atomic E-state index is 0.00204. The van der Waals surface area contributed by atoms with Crippen LogP contribution in [-0.2, 0) is 4.74 Å². The number of aromatic nitrogens is 2. The van der Waals surface area contributed by atoms with Gasteiger partial charge in [-0.2, -0.15) is 0 Å². The summed E-state index contributed by atoms with van der Waals surface area (Å²) in [7, 11) is 2.15. The Labute approximate surface area is 172 Å². The molecule has 3 aromatic rings. The van der Waals surface area contributed by atoms with Crippen LogP contribution in [-0.4, -0.2) is 85.4 Å². The lowest BCUT2D eigenvalue weighted by Gasteiger charge is -2.33. The first-order chi connectivity index (χ1) is 14.2. The number of nitrogens with zero attached hydrogens (tertiary/aromatic N) is 5. The van der Waals surface area contributed by atoms with E-state index in [1.54, 1.807) is 6.20 Å². The standard InChI is InChI=1S/C20H23N5O3S/c1-23-4-6-24(7-5-23)14-2-3-15-16(12-14)28-22-18(15)19-21-13-17(29-19)20(26)25-8-10-27-11-9-25/h2-3,12-13H,4-11H2,1H3. The van der Waals surface area contributed by atoms with Crippen molar-refractivity contribution in [2.75, 3.05) is 64.4 Å². The first-order valence-electron chi connectivity index (χ1n) is 9.85. The third kappa shape index (κ3) is 3.61. The van der Waals surface area contributed by atoms with Crippen molar-refractivity contribution in [1.82, 2.24) is 19.9 Å². The van der Waals surface area contributed by atoms with Gasteiger partial charge in [0, 0.05) is 51.0 Å². The van der Waals surface area contributed by atoms with Gasteiger partial charge in [0.15, 0.2) is 5.58 Å². The van der Waals surface area contributed by atoms with Crippen molar-refractivity contribution in [2.45, 2.75) is 0 Å². The van der Waals surface area contributed by atoms with E-state index in [0.29, 0.717) is 41.9 Å². The molecule has 0 bridgehead atoms. The second-order valence-electron chi connectivity index (χ2n) is 7.44. The summed E-state index contributed by atoms with van der Waals surface area (Å²) in [4.78, 5) is 24.2. The molecule has 152 valence electrons. The van der Waals surface area contributed by atoms with E-state index < -0.39 is 0 Å². The molecule has 0 spiro atoms. The van der Waals surface area contributed by atoms with Crippen molar-refractivity contribution >= 4 is 33.9 Å². The van der Waals surface area contributed by atoms with Gasteiger partial charge in [-0.3, -0.25) is 4.79 Å². The van der Waals surface area contributed by atoms with Gasteiger partial charge >= 0.3 is 0 Å². The molecule has 1 aromatic carbocycles. The Morgan fingerprint density at radius 1 is 1.10 bits per heavy atom. The topological polar surface area (TPSA) is 74.9 Å². The van der Waals surface area contributed by atoms with E-state index in [1.165, 1.54) is 11.3 Å². The molecular weight excluding hydrogens is 390 g/mol. The summed E-state index contributed by atoms with van der Waals surface area (Å²) < 4.78 is 10.9. The molecule has 29 heavy (non-hydrogen) atoms. The van der Waals surface area contributed by atoms with Crippen LogP contribution in [0.2, 0.25) is 0 Å². The molecule has 2 aliphatic heterocycles. The summed E-state index contributed by atoms with van der Waals surface area (Å²) in [6, 6.07) is 6.20. The molecule has 2 aliphatic rings. The van der Waals surface area contributed by atoms with Crippen LogP contribution in [0.1, 0.15) is 9.67 Å². The highest BCUT2D eigenvalue weighted by molar-refractivity contribution is 7.17. The fourth-order valence-corrected chi connectivity index (χ4v) is 4.63. The SMILES string of the molecule is CN1CCN(c2ccc3c(-c4ncc(C(=O)N5CCOCC5)s4)noc3c2)CC1. The Bertz CT molecular complexity index is 1020. The highest BCUT2D eigenvalue weighted by Gasteiger charge is 2.23. The van der Waals surface area contributed by atoms with Crippen LogP contribution < -0.4 is 4.90 Å². The van der Waals surface area contributed by atoms with Gasteiger partial charge in [0.2, 0.25) is 0 Å². The number of thiazole rings is 1. The lowest BCUT2D eigenvalue weighted by atomic mass is 10.1. The molecule has 0 atom stereocenters. The second-order valence-corrected chi connectivity index (χ2v) is 8.47. The molecule has 0 N–H and O–H groups in total. The van der Waals surface area contributed by atoms with Gasteiger partial charge in [-0.1, -0.05) is 5.16 Å². The van der Waals surface area contributed by atoms with Gasteiger partial charge in [0.05, 0.1) is 24.8 Å². The summed E-state index contributed by atoms with van der Waals surface area (Å²) in [5.74, 6) is 0.00204. The highest BCUT2D eigenvalue weighted by atomic mass is 32.1. The van der Waals surface area contributed by atoms with Crippen LogP contribution in [0.15, 0.2) is 28.9 Å². The maximum atomic E-state index is 12.7. The molecular formula is C20H23N5O3S. The zero-order chi connectivity index (χ0) is 19.8. The molecule has 0 radical (unpaired) electrons. The lowest BCUT2D eigenvalue weighted by Crippen LogP contribution is -2.44. The Balaban J connectivity index is 1.38. The van der Waals surface area contributed by atoms with Crippen molar-refractivity contribution in [1.29, 1.82) is 0 Å². The third-order valence-electron chi connectivity index (χ3n) is 5.54. The number of anilines is 1. The monoisotopic (exact) mass is 413 g/mol. The van der Waals surface area contributed by atoms with Gasteiger partial charge < -0.3 is 24.0 Å². The Morgan fingerprint density at radius 2 is 1.90 bits per heavy atom. The predicted octanol–water partition coefficient (Wildman–Crippen LogP) is 2.18. The number of piperazine rings is 1. The lowest BCUT2D eigenvalue weighted by molar-refractivity contribution is 0.0306. The summed E-state index contributed by atoms with van der Waals surface area (Å²) >= 11 is 1.36. The summed E-state index contributed by atoms with van der Waals surface area (Å²) in [5, 5.41) is 5.87. The highest BCUT2D eigenvalue weighted by Crippen LogP contribution is 2.33. The van der Waals surface area contributed by atoms with Crippen molar-refractivity contribution in [3.63, 3.8) is 0 Å². The zero-order valence-electron chi connectivity index (χ0n) is 16.3. The first-order valence-corrected chi connectivity index (χ1v) is 10.7. The Hall–Kier alpha value is -2.49. The van der Waals surface area contributed by atoms with E-state index in [-0.39, 0.29) is 5.91 Å². The number of morpholine rings is 1. The van der Waals surface area contributed by atoms with E-state index in [0.717, 1.165) is 42.8 Å². The maximum absolute atomic E-state index is 12.7.